The molecule has 41 heavy (non-hydrogen) atoms. The van der Waals surface area contributed by atoms with Crippen molar-refractivity contribution in [2.24, 2.45) is 0 Å². The second kappa shape index (κ2) is 15.2. The van der Waals surface area contributed by atoms with Gasteiger partial charge in [-0.15, -0.1) is 0 Å². The van der Waals surface area contributed by atoms with E-state index in [0.717, 1.165) is 51.5 Å². The van der Waals surface area contributed by atoms with Gasteiger partial charge in [-0.1, -0.05) is 42.8 Å². The molecule has 0 saturated heterocycles. The van der Waals surface area contributed by atoms with Gasteiger partial charge in [0.15, 0.2) is 0 Å². The monoisotopic (exact) mass is 709 g/mol. The number of hydrogen-bond donors (Lipinski definition) is 1. The van der Waals surface area contributed by atoms with E-state index in [4.69, 9.17) is 0 Å². The summed E-state index contributed by atoms with van der Waals surface area (Å²) in [5, 5.41) is 10.0. The molecule has 1 unspecified atom stereocenters. The van der Waals surface area contributed by atoms with E-state index in [0.29, 0.717) is 41.3 Å². The summed E-state index contributed by atoms with van der Waals surface area (Å²) < 4.78 is 72.5. The molecule has 0 spiro atoms. The van der Waals surface area contributed by atoms with E-state index in [2.05, 4.69) is 29.2 Å². The first-order valence-electron chi connectivity index (χ1n) is 14.2. The van der Waals surface area contributed by atoms with Crippen LogP contribution in [0, 0.1) is 0 Å². The average Bonchev–Trinajstić information content (AvgIpc) is 3.07. The molecule has 1 N–H and O–H groups in total. The van der Waals surface area contributed by atoms with Crippen LogP contribution in [-0.2, 0) is 16.3 Å². The number of allylic oxidation sites excluding steroid dienone is 2. The fourth-order valence-electron chi connectivity index (χ4n) is 5.38. The lowest BCUT2D eigenvalue weighted by atomic mass is 9.89. The summed E-state index contributed by atoms with van der Waals surface area (Å²) in [4.78, 5) is 2.08. The topological polar surface area (TPSA) is 57.6 Å². The summed E-state index contributed by atoms with van der Waals surface area (Å²) in [7, 11) is -1.59. The number of sulfone groups is 1. The minimum Gasteiger partial charge on any atom is -0.508 e. The molecule has 0 saturated carbocycles. The summed E-state index contributed by atoms with van der Waals surface area (Å²) in [6.07, 6.45) is 1.06. The number of hydrogen-bond acceptors (Lipinski definition) is 4. The van der Waals surface area contributed by atoms with Gasteiger partial charge in [0.2, 0.25) is 0 Å². The fourth-order valence-corrected chi connectivity index (χ4v) is 7.12. The molecule has 1 aliphatic rings. The first-order chi connectivity index (χ1) is 19.3. The Balaban J connectivity index is 1.45. The molecule has 228 valence electrons. The molecule has 0 aliphatic heterocycles. The van der Waals surface area contributed by atoms with E-state index < -0.39 is 31.9 Å². The molecule has 3 rings (SSSR count). The van der Waals surface area contributed by atoms with Crippen LogP contribution in [0.2, 0.25) is 0 Å². The van der Waals surface area contributed by atoms with Crippen LogP contribution in [0.1, 0.15) is 74.5 Å². The Labute approximate surface area is 255 Å². The molecule has 0 fully saturated rings. The highest BCUT2D eigenvalue weighted by Gasteiger charge is 2.53. The van der Waals surface area contributed by atoms with Gasteiger partial charge in [0.25, 0.3) is 3.68 Å². The maximum atomic E-state index is 13.7. The first-order valence-corrected chi connectivity index (χ1v) is 17.1. The van der Waals surface area contributed by atoms with Gasteiger partial charge in [-0.2, -0.15) is 13.2 Å². The minimum atomic E-state index is -5.01. The van der Waals surface area contributed by atoms with Crippen LogP contribution in [0.3, 0.4) is 0 Å². The number of fused-ring (bicyclic) bond motifs is 1. The molecule has 0 bridgehead atoms. The third-order valence-electron chi connectivity index (χ3n) is 7.60. The minimum absolute atomic E-state index is 0.116. The van der Waals surface area contributed by atoms with E-state index in [9.17, 15) is 31.1 Å². The number of phenols is 1. The zero-order valence-electron chi connectivity index (χ0n) is 23.5. The second-order valence-electron chi connectivity index (χ2n) is 10.9. The van der Waals surface area contributed by atoms with Crippen molar-refractivity contribution in [3.63, 3.8) is 0 Å². The fraction of sp³-hybridized carbons (Fsp3) is 0.548. The number of aromatic hydroxyl groups is 1. The lowest BCUT2D eigenvalue weighted by Gasteiger charge is -2.21. The summed E-state index contributed by atoms with van der Waals surface area (Å²) in [6, 6.07) is 16.2. The third-order valence-corrected chi connectivity index (χ3v) is 10.6. The zero-order chi connectivity index (χ0) is 30.1. The van der Waals surface area contributed by atoms with Gasteiger partial charge < -0.3 is 10.0 Å². The predicted octanol–water partition coefficient (Wildman–Crippen LogP) is 8.38. The normalized spacial score (nSPS) is 16.0. The summed E-state index contributed by atoms with van der Waals surface area (Å²) >= 11 is 0.704. The summed E-state index contributed by atoms with van der Waals surface area (Å²) in [5.41, 5.74) is 6.40. The van der Waals surface area contributed by atoms with E-state index in [1.807, 2.05) is 25.2 Å². The van der Waals surface area contributed by atoms with Crippen LogP contribution >= 0.6 is 22.6 Å². The van der Waals surface area contributed by atoms with Crippen molar-refractivity contribution in [1.82, 2.24) is 4.90 Å². The van der Waals surface area contributed by atoms with Gasteiger partial charge in [-0.3, -0.25) is 0 Å². The van der Waals surface area contributed by atoms with Gasteiger partial charge in [-0.05, 0) is 134 Å². The number of aryl methyl sites for hydroxylation is 1. The van der Waals surface area contributed by atoms with Crippen LogP contribution in [0.15, 0.2) is 48.5 Å². The Bertz CT molecular complexity index is 1260. The van der Waals surface area contributed by atoms with Crippen LogP contribution < -0.4 is 0 Å². The van der Waals surface area contributed by atoms with Crippen molar-refractivity contribution < 1.29 is 31.1 Å². The second-order valence-corrected chi connectivity index (χ2v) is 15.0. The van der Waals surface area contributed by atoms with Crippen LogP contribution in [0.5, 0.6) is 5.75 Å². The Morgan fingerprint density at radius 3 is 2.29 bits per heavy atom. The van der Waals surface area contributed by atoms with Crippen molar-refractivity contribution >= 4 is 43.6 Å². The standard InChI is InChI=1S/C31H40F4INO3S/c1-37(20-10-22-41(39,40)21-9-18-30(32,36)31(33,34)35)19-7-3-6-14-29-27(24-11-4-2-5-12-24)15-8-13-25-23-26(38)16-17-28(25)29/h2,4-5,11-12,16-17,23,38H,3,6-10,13-15,18-22H2,1H3. The summed E-state index contributed by atoms with van der Waals surface area (Å²) in [5.74, 6) is -0.258. The molecule has 0 heterocycles. The Morgan fingerprint density at radius 2 is 1.59 bits per heavy atom. The number of halogens is 5. The van der Waals surface area contributed by atoms with Crippen molar-refractivity contribution in [1.29, 1.82) is 0 Å². The van der Waals surface area contributed by atoms with Crippen molar-refractivity contribution in [2.75, 3.05) is 31.6 Å². The molecule has 10 heteroatoms. The first kappa shape index (κ1) is 33.8. The highest BCUT2D eigenvalue weighted by molar-refractivity contribution is 14.1. The number of nitrogens with zero attached hydrogens (tertiary/aromatic N) is 1. The SMILES string of the molecule is CN(CCCCCC1=C(c2ccccc2)CCCc2cc(O)ccc21)CCCS(=O)(=O)CCCC(F)(I)C(F)(F)F. The van der Waals surface area contributed by atoms with Crippen molar-refractivity contribution in [3.8, 4) is 5.75 Å². The molecular formula is C31H40F4INO3S. The van der Waals surface area contributed by atoms with Gasteiger partial charge >= 0.3 is 6.18 Å². The van der Waals surface area contributed by atoms with Gasteiger partial charge in [0.05, 0.1) is 11.5 Å². The maximum Gasteiger partial charge on any atom is 0.431 e. The van der Waals surface area contributed by atoms with Crippen molar-refractivity contribution in [3.05, 3.63) is 65.2 Å². The van der Waals surface area contributed by atoms with Gasteiger partial charge in [0.1, 0.15) is 15.6 Å². The Hall–Kier alpha value is -1.66. The maximum absolute atomic E-state index is 13.7. The third kappa shape index (κ3) is 10.5. The number of rotatable bonds is 15. The molecule has 0 radical (unpaired) electrons. The molecule has 1 atom stereocenters. The zero-order valence-corrected chi connectivity index (χ0v) is 26.5. The molecule has 4 nitrogen and oxygen atoms in total. The lowest BCUT2D eigenvalue weighted by Crippen LogP contribution is -2.34. The molecule has 0 amide bonds. The highest BCUT2D eigenvalue weighted by atomic mass is 127. The molecule has 2 aromatic carbocycles. The largest absolute Gasteiger partial charge is 0.508 e. The molecular weight excluding hydrogens is 669 g/mol. The average molecular weight is 710 g/mol. The quantitative estimate of drug-likeness (QED) is 0.0875. The smallest absolute Gasteiger partial charge is 0.431 e. The van der Waals surface area contributed by atoms with Gasteiger partial charge in [0, 0.05) is 6.42 Å². The van der Waals surface area contributed by atoms with E-state index in [1.54, 1.807) is 6.07 Å². The lowest BCUT2D eigenvalue weighted by molar-refractivity contribution is -0.189. The molecule has 0 aromatic heterocycles. The Morgan fingerprint density at radius 1 is 0.902 bits per heavy atom. The van der Waals surface area contributed by atoms with Crippen LogP contribution in [0.25, 0.3) is 11.1 Å². The number of unbranched alkanes of at least 4 members (excludes halogenated alkanes) is 2. The van der Waals surface area contributed by atoms with E-state index >= 15 is 0 Å². The Kier molecular flexibility index (Phi) is 12.5. The van der Waals surface area contributed by atoms with Crippen LogP contribution in [0.4, 0.5) is 17.6 Å². The number of benzene rings is 2. The summed E-state index contributed by atoms with van der Waals surface area (Å²) in [6.45, 7) is 1.39. The predicted molar refractivity (Wildman–Crippen MR) is 167 cm³/mol. The van der Waals surface area contributed by atoms with Crippen molar-refractivity contribution in [2.45, 2.75) is 74.1 Å². The van der Waals surface area contributed by atoms with E-state index in [1.165, 1.54) is 27.8 Å². The van der Waals surface area contributed by atoms with E-state index in [-0.39, 0.29) is 12.2 Å². The number of phenolic OH excluding ortho intramolecular Hbond substituents is 1. The molecule has 2 aromatic rings. The van der Waals surface area contributed by atoms with Gasteiger partial charge in [-0.25, -0.2) is 12.8 Å². The molecule has 1 aliphatic carbocycles. The highest BCUT2D eigenvalue weighted by Crippen LogP contribution is 2.43. The number of alkyl halides is 5. The van der Waals surface area contributed by atoms with Crippen LogP contribution in [-0.4, -0.2) is 59.9 Å².